The van der Waals surface area contributed by atoms with Gasteiger partial charge in [-0.05, 0) is 60.2 Å². The van der Waals surface area contributed by atoms with Crippen LogP contribution in [-0.4, -0.2) is 23.1 Å². The standard InChI is InChI=1S/C29H24N4O2S3/c1-35-24-16-7-5-14-22(24)31-28(36)30-20-12-9-13-21(18-20)37-26(19-10-3-2-4-11-19)27(34)33-29-32-23-15-6-8-17-25(23)38-29/h2-18,26H,1H3,(H2,30,31,36)(H,32,33,34). The van der Waals surface area contributed by atoms with Gasteiger partial charge in [0.25, 0.3) is 0 Å². The largest absolute Gasteiger partial charge is 0.495 e. The van der Waals surface area contributed by atoms with Crippen molar-refractivity contribution in [1.82, 2.24) is 4.98 Å². The summed E-state index contributed by atoms with van der Waals surface area (Å²) in [4.78, 5) is 19.0. The SMILES string of the molecule is COc1ccccc1NC(=S)Nc1cccc(SC(C(=O)Nc2nc3ccccc3s2)c2ccccc2)c1. The first-order valence-electron chi connectivity index (χ1n) is 11.8. The third-order valence-corrected chi connectivity index (χ3v) is 7.97. The zero-order valence-electron chi connectivity index (χ0n) is 20.4. The van der Waals surface area contributed by atoms with Crippen molar-refractivity contribution >= 4 is 73.1 Å². The predicted molar refractivity (Wildman–Crippen MR) is 163 cm³/mol. The normalized spacial score (nSPS) is 11.5. The smallest absolute Gasteiger partial charge is 0.244 e. The van der Waals surface area contributed by atoms with E-state index in [1.807, 2.05) is 103 Å². The number of methoxy groups -OCH3 is 1. The molecule has 0 saturated heterocycles. The van der Waals surface area contributed by atoms with Crippen molar-refractivity contribution in [2.45, 2.75) is 10.1 Å². The number of ether oxygens (including phenoxy) is 1. The highest BCUT2D eigenvalue weighted by atomic mass is 32.2. The molecule has 0 aliphatic carbocycles. The van der Waals surface area contributed by atoms with Crippen molar-refractivity contribution in [3.8, 4) is 5.75 Å². The van der Waals surface area contributed by atoms with E-state index in [1.165, 1.54) is 23.1 Å². The number of anilines is 3. The summed E-state index contributed by atoms with van der Waals surface area (Å²) in [5.41, 5.74) is 3.35. The molecular weight excluding hydrogens is 533 g/mol. The minimum atomic E-state index is -0.475. The van der Waals surface area contributed by atoms with Gasteiger partial charge in [-0.1, -0.05) is 72.0 Å². The maximum atomic E-state index is 13.5. The zero-order valence-corrected chi connectivity index (χ0v) is 22.8. The molecule has 9 heteroatoms. The molecule has 0 aliphatic rings. The third kappa shape index (κ3) is 6.31. The number of benzene rings is 4. The van der Waals surface area contributed by atoms with Crippen LogP contribution >= 0.6 is 35.3 Å². The number of hydrogen-bond acceptors (Lipinski definition) is 6. The summed E-state index contributed by atoms with van der Waals surface area (Å²) in [5.74, 6) is 0.567. The van der Waals surface area contributed by atoms with Crippen LogP contribution in [0, 0.1) is 0 Å². The molecule has 1 atom stereocenters. The van der Waals surface area contributed by atoms with Gasteiger partial charge in [0.05, 0.1) is 23.0 Å². The monoisotopic (exact) mass is 556 g/mol. The van der Waals surface area contributed by atoms with Crippen LogP contribution in [0.5, 0.6) is 5.75 Å². The first-order chi connectivity index (χ1) is 18.6. The number of hydrogen-bond donors (Lipinski definition) is 3. The van der Waals surface area contributed by atoms with Crippen LogP contribution in [0.15, 0.2) is 108 Å². The highest BCUT2D eigenvalue weighted by molar-refractivity contribution is 8.00. The van der Waals surface area contributed by atoms with Gasteiger partial charge in [0.15, 0.2) is 10.2 Å². The van der Waals surface area contributed by atoms with Gasteiger partial charge in [-0.25, -0.2) is 4.98 Å². The molecule has 190 valence electrons. The highest BCUT2D eigenvalue weighted by Crippen LogP contribution is 2.38. The van der Waals surface area contributed by atoms with Gasteiger partial charge in [-0.2, -0.15) is 0 Å². The summed E-state index contributed by atoms with van der Waals surface area (Å²) >= 11 is 8.45. The summed E-state index contributed by atoms with van der Waals surface area (Å²) in [6.07, 6.45) is 0. The van der Waals surface area contributed by atoms with Crippen molar-refractivity contribution in [3.63, 3.8) is 0 Å². The Morgan fingerprint density at radius 3 is 2.47 bits per heavy atom. The van der Waals surface area contributed by atoms with E-state index >= 15 is 0 Å². The minimum absolute atomic E-state index is 0.132. The molecule has 0 spiro atoms. The molecule has 1 unspecified atom stereocenters. The van der Waals surface area contributed by atoms with Crippen molar-refractivity contribution in [3.05, 3.63) is 109 Å². The summed E-state index contributed by atoms with van der Waals surface area (Å²) < 4.78 is 6.42. The first kappa shape index (κ1) is 25.7. The van der Waals surface area contributed by atoms with Gasteiger partial charge < -0.3 is 20.7 Å². The number of rotatable bonds is 8. The summed E-state index contributed by atoms with van der Waals surface area (Å²) in [6.45, 7) is 0. The van der Waals surface area contributed by atoms with E-state index in [1.54, 1.807) is 7.11 Å². The van der Waals surface area contributed by atoms with Gasteiger partial charge >= 0.3 is 0 Å². The van der Waals surface area contributed by atoms with E-state index in [9.17, 15) is 4.79 Å². The van der Waals surface area contributed by atoms with Crippen molar-refractivity contribution < 1.29 is 9.53 Å². The Bertz CT molecular complexity index is 1540. The van der Waals surface area contributed by atoms with Crippen LogP contribution < -0.4 is 20.7 Å². The van der Waals surface area contributed by atoms with Crippen LogP contribution in [0.1, 0.15) is 10.8 Å². The lowest BCUT2D eigenvalue weighted by Gasteiger charge is -2.17. The predicted octanol–water partition coefficient (Wildman–Crippen LogP) is 7.59. The van der Waals surface area contributed by atoms with Crippen molar-refractivity contribution in [2.24, 2.45) is 0 Å². The van der Waals surface area contributed by atoms with Gasteiger partial charge in [-0.15, -0.1) is 11.8 Å². The van der Waals surface area contributed by atoms with Crippen molar-refractivity contribution in [2.75, 3.05) is 23.1 Å². The van der Waals surface area contributed by atoms with E-state index in [2.05, 4.69) is 20.9 Å². The Morgan fingerprint density at radius 1 is 0.895 bits per heavy atom. The topological polar surface area (TPSA) is 75.3 Å². The quantitative estimate of drug-likeness (QED) is 0.134. The molecule has 0 saturated carbocycles. The van der Waals surface area contributed by atoms with Crippen LogP contribution in [0.4, 0.5) is 16.5 Å². The van der Waals surface area contributed by atoms with E-state index in [0.29, 0.717) is 16.0 Å². The first-order valence-corrected chi connectivity index (χ1v) is 13.9. The Kier molecular flexibility index (Phi) is 8.18. The van der Waals surface area contributed by atoms with Gasteiger partial charge in [0, 0.05) is 10.6 Å². The lowest BCUT2D eigenvalue weighted by molar-refractivity contribution is -0.115. The highest BCUT2D eigenvalue weighted by Gasteiger charge is 2.23. The van der Waals surface area contributed by atoms with Crippen LogP contribution in [-0.2, 0) is 4.79 Å². The average Bonchev–Trinajstić information content (AvgIpc) is 3.35. The van der Waals surface area contributed by atoms with Crippen molar-refractivity contribution in [1.29, 1.82) is 0 Å². The van der Waals surface area contributed by atoms with Crippen LogP contribution in [0.2, 0.25) is 0 Å². The number of aromatic nitrogens is 1. The molecule has 4 aromatic carbocycles. The second kappa shape index (κ2) is 12.1. The molecular formula is C29H24N4O2S3. The number of thioether (sulfide) groups is 1. The third-order valence-electron chi connectivity index (χ3n) is 5.57. The second-order valence-corrected chi connectivity index (χ2v) is 10.8. The van der Waals surface area contributed by atoms with Gasteiger partial charge in [0.1, 0.15) is 11.0 Å². The molecule has 6 nitrogen and oxygen atoms in total. The molecule has 0 radical (unpaired) electrons. The Balaban J connectivity index is 1.32. The number of thiazole rings is 1. The lowest BCUT2D eigenvalue weighted by Crippen LogP contribution is -2.20. The molecule has 5 rings (SSSR count). The average molecular weight is 557 g/mol. The number of carbonyl (C=O) groups excluding carboxylic acids is 1. The minimum Gasteiger partial charge on any atom is -0.495 e. The molecule has 1 amide bonds. The molecule has 0 aliphatic heterocycles. The fourth-order valence-electron chi connectivity index (χ4n) is 3.81. The Hall–Kier alpha value is -3.92. The molecule has 5 aromatic rings. The fraction of sp³-hybridized carbons (Fsp3) is 0.0690. The molecule has 3 N–H and O–H groups in total. The number of carbonyl (C=O) groups is 1. The molecule has 1 aromatic heterocycles. The number of fused-ring (bicyclic) bond motifs is 1. The molecule has 0 fully saturated rings. The molecule has 0 bridgehead atoms. The summed E-state index contributed by atoms with van der Waals surface area (Å²) in [6, 6.07) is 33.0. The van der Waals surface area contributed by atoms with E-state index in [-0.39, 0.29) is 5.91 Å². The molecule has 1 heterocycles. The maximum Gasteiger partial charge on any atom is 0.244 e. The number of thiocarbonyl (C=S) groups is 1. The Morgan fingerprint density at radius 2 is 1.66 bits per heavy atom. The number of amides is 1. The van der Waals surface area contributed by atoms with E-state index < -0.39 is 5.25 Å². The van der Waals surface area contributed by atoms with Gasteiger partial charge in [0.2, 0.25) is 5.91 Å². The number of para-hydroxylation sites is 3. The summed E-state index contributed by atoms with van der Waals surface area (Å²) in [7, 11) is 1.62. The van der Waals surface area contributed by atoms with Crippen LogP contribution in [0.25, 0.3) is 10.2 Å². The lowest BCUT2D eigenvalue weighted by atomic mass is 10.1. The van der Waals surface area contributed by atoms with E-state index in [4.69, 9.17) is 17.0 Å². The number of nitrogens with one attached hydrogen (secondary N) is 3. The summed E-state index contributed by atoms with van der Waals surface area (Å²) in [5, 5.41) is 9.96. The second-order valence-electron chi connectivity index (χ2n) is 8.19. The fourth-order valence-corrected chi connectivity index (χ4v) is 5.99. The molecule has 38 heavy (non-hydrogen) atoms. The number of nitrogens with zero attached hydrogens (tertiary/aromatic N) is 1. The maximum absolute atomic E-state index is 13.5. The van der Waals surface area contributed by atoms with E-state index in [0.717, 1.165) is 32.1 Å². The zero-order chi connectivity index (χ0) is 26.3. The van der Waals surface area contributed by atoms with Crippen LogP contribution in [0.3, 0.4) is 0 Å². The Labute approximate surface area is 234 Å². The van der Waals surface area contributed by atoms with Gasteiger partial charge in [-0.3, -0.25) is 4.79 Å².